The molecular formula is C24H38N2O8S3. The molecule has 0 spiro atoms. The van der Waals surface area contributed by atoms with Gasteiger partial charge in [-0.3, -0.25) is 8.37 Å². The highest BCUT2D eigenvalue weighted by Crippen LogP contribution is 2.63. The molecule has 3 aliphatic rings. The van der Waals surface area contributed by atoms with E-state index in [0.29, 0.717) is 12.1 Å². The van der Waals surface area contributed by atoms with Gasteiger partial charge in [-0.05, 0) is 78.6 Å². The molecule has 3 aliphatic carbocycles. The minimum Gasteiger partial charge on any atom is -0.270 e. The lowest BCUT2D eigenvalue weighted by Gasteiger charge is -2.55. The Hall–Kier alpha value is -1.28. The Bertz CT molecular complexity index is 1400. The Balaban J connectivity index is 1.78. The third-order valence-electron chi connectivity index (χ3n) is 9.37. The molecule has 0 saturated heterocycles. The summed E-state index contributed by atoms with van der Waals surface area (Å²) < 4.78 is 84.4. The Morgan fingerprint density at radius 1 is 1.00 bits per heavy atom. The fourth-order valence-electron chi connectivity index (χ4n) is 7.39. The van der Waals surface area contributed by atoms with E-state index >= 15 is 0 Å². The van der Waals surface area contributed by atoms with Crippen molar-refractivity contribution >= 4 is 30.3 Å². The summed E-state index contributed by atoms with van der Waals surface area (Å²) in [7, 11) is -11.0. The van der Waals surface area contributed by atoms with Crippen molar-refractivity contribution in [3.8, 4) is 0 Å². The maximum atomic E-state index is 12.4. The number of nitrogens with zero attached hydrogens (tertiary/aromatic N) is 2. The summed E-state index contributed by atoms with van der Waals surface area (Å²) in [6, 6.07) is 0. The maximum absolute atomic E-state index is 12.4. The summed E-state index contributed by atoms with van der Waals surface area (Å²) in [6.07, 6.45) is 8.91. The number of aromatic nitrogens is 2. The first-order chi connectivity index (χ1) is 16.9. The van der Waals surface area contributed by atoms with Crippen LogP contribution in [0.3, 0.4) is 0 Å². The van der Waals surface area contributed by atoms with Gasteiger partial charge in [0.1, 0.15) is 0 Å². The van der Waals surface area contributed by atoms with Crippen molar-refractivity contribution in [3.05, 3.63) is 29.6 Å². The Morgan fingerprint density at radius 3 is 2.22 bits per heavy atom. The number of allylic oxidation sites excluding steroid dienone is 1. The predicted octanol–water partition coefficient (Wildman–Crippen LogP) is 2.36. The molecule has 2 saturated carbocycles. The molecule has 2 fully saturated rings. The van der Waals surface area contributed by atoms with E-state index in [1.165, 1.54) is 5.57 Å². The number of rotatable bonds is 8. The zero-order valence-electron chi connectivity index (χ0n) is 22.1. The summed E-state index contributed by atoms with van der Waals surface area (Å²) in [4.78, 5) is 0. The van der Waals surface area contributed by atoms with Gasteiger partial charge in [-0.1, -0.05) is 26.0 Å². The summed E-state index contributed by atoms with van der Waals surface area (Å²) in [6.45, 7) is 8.56. The first-order valence-corrected chi connectivity index (χ1v) is 18.0. The second kappa shape index (κ2) is 9.42. The third-order valence-corrected chi connectivity index (χ3v) is 11.4. The first-order valence-electron chi connectivity index (χ1n) is 12.5. The lowest BCUT2D eigenvalue weighted by molar-refractivity contribution is -0.0671. The largest absolute Gasteiger partial charge is 0.270 e. The molecule has 1 heterocycles. The van der Waals surface area contributed by atoms with Crippen LogP contribution in [0.4, 0.5) is 0 Å². The van der Waals surface area contributed by atoms with Crippen molar-refractivity contribution in [1.29, 1.82) is 0 Å². The van der Waals surface area contributed by atoms with Crippen LogP contribution in [0, 0.1) is 34.5 Å². The van der Waals surface area contributed by atoms with E-state index in [-0.39, 0.29) is 48.7 Å². The molecule has 0 radical (unpaired) electrons. The maximum Gasteiger partial charge on any atom is 0.264 e. The van der Waals surface area contributed by atoms with Crippen molar-refractivity contribution in [3.63, 3.8) is 0 Å². The molecule has 210 valence electrons. The van der Waals surface area contributed by atoms with Gasteiger partial charge in [0.2, 0.25) is 0 Å². The standard InChI is InChI=1S/C24H38N2O8S3/c1-16-7-8-20-19(15-34-37(6,31)32)21(9-10-23(16,20)2)24(3)12-17-13-25-26(35(4,27)28)22(17)11-18(24)14-33-36(5,29)30/h13,18-21H,1,7-12,14-15H2,2-6H3/t18-,19+,20+,21+,23-,24+/m1/s1. The average Bonchev–Trinajstić information content (AvgIpc) is 3.29. The fourth-order valence-corrected chi connectivity index (χ4v) is 9.02. The molecule has 0 bridgehead atoms. The molecule has 0 N–H and O–H groups in total. The van der Waals surface area contributed by atoms with Crippen molar-refractivity contribution in [2.45, 2.75) is 52.4 Å². The zero-order chi connectivity index (χ0) is 27.6. The lowest BCUT2D eigenvalue weighted by Crippen LogP contribution is -2.53. The normalized spacial score (nSPS) is 34.8. The molecule has 1 aromatic rings. The average molecular weight is 579 g/mol. The van der Waals surface area contributed by atoms with Crippen LogP contribution in [0.2, 0.25) is 0 Å². The zero-order valence-corrected chi connectivity index (χ0v) is 24.6. The van der Waals surface area contributed by atoms with E-state index in [4.69, 9.17) is 8.37 Å². The van der Waals surface area contributed by atoms with Gasteiger partial charge in [-0.25, -0.2) is 8.42 Å². The molecule has 6 atom stereocenters. The van der Waals surface area contributed by atoms with Crippen molar-refractivity contribution in [2.24, 2.45) is 34.5 Å². The molecule has 4 rings (SSSR count). The van der Waals surface area contributed by atoms with E-state index in [1.807, 2.05) is 0 Å². The molecule has 1 aromatic heterocycles. The fraction of sp³-hybridized carbons (Fsp3) is 0.792. The smallest absolute Gasteiger partial charge is 0.264 e. The monoisotopic (exact) mass is 578 g/mol. The molecule has 37 heavy (non-hydrogen) atoms. The van der Waals surface area contributed by atoms with Crippen LogP contribution in [0.1, 0.15) is 50.8 Å². The summed E-state index contributed by atoms with van der Waals surface area (Å²) in [5.74, 6) is -0.286. The van der Waals surface area contributed by atoms with Gasteiger partial charge in [0.15, 0.2) is 0 Å². The summed E-state index contributed by atoms with van der Waals surface area (Å²) in [5.41, 5.74) is 1.90. The number of fused-ring (bicyclic) bond motifs is 2. The highest BCUT2D eigenvalue weighted by Gasteiger charge is 2.57. The SMILES string of the molecule is C=C1CC[C@H]2[C@H](COS(C)(=O)=O)[C@@H]([C@@]3(C)Cc4cnn(S(C)(=O)=O)c4C[C@@H]3COS(C)(=O)=O)CC[C@]12C. The number of hydrogen-bond donors (Lipinski definition) is 0. The van der Waals surface area contributed by atoms with E-state index < -0.39 is 35.7 Å². The van der Waals surface area contributed by atoms with Crippen molar-refractivity contribution in [1.82, 2.24) is 9.19 Å². The molecule has 13 heteroatoms. The van der Waals surface area contributed by atoms with Crippen LogP contribution < -0.4 is 0 Å². The predicted molar refractivity (Wildman–Crippen MR) is 139 cm³/mol. The van der Waals surface area contributed by atoms with Gasteiger partial charge in [0, 0.05) is 0 Å². The van der Waals surface area contributed by atoms with Crippen LogP contribution in [0.5, 0.6) is 0 Å². The topological polar surface area (TPSA) is 139 Å². The van der Waals surface area contributed by atoms with Crippen LogP contribution in [-0.4, -0.2) is 66.4 Å². The highest BCUT2D eigenvalue weighted by atomic mass is 32.2. The molecule has 0 unspecified atom stereocenters. The van der Waals surface area contributed by atoms with Gasteiger partial charge in [0.05, 0.1) is 43.9 Å². The second-order valence-electron chi connectivity index (χ2n) is 11.8. The van der Waals surface area contributed by atoms with E-state index in [9.17, 15) is 25.3 Å². The van der Waals surface area contributed by atoms with Crippen LogP contribution in [0.25, 0.3) is 0 Å². The van der Waals surface area contributed by atoms with Crippen molar-refractivity contribution < 1.29 is 33.6 Å². The van der Waals surface area contributed by atoms with Gasteiger partial charge >= 0.3 is 0 Å². The van der Waals surface area contributed by atoms with Gasteiger partial charge < -0.3 is 0 Å². The van der Waals surface area contributed by atoms with Crippen LogP contribution in [-0.2, 0) is 51.5 Å². The minimum absolute atomic E-state index is 0.0129. The molecule has 10 nitrogen and oxygen atoms in total. The van der Waals surface area contributed by atoms with Crippen molar-refractivity contribution in [2.75, 3.05) is 32.0 Å². The second-order valence-corrected chi connectivity index (χ2v) is 16.9. The molecule has 0 aromatic carbocycles. The Labute approximate surface area is 221 Å². The molecular weight excluding hydrogens is 540 g/mol. The number of hydrogen-bond acceptors (Lipinski definition) is 9. The van der Waals surface area contributed by atoms with E-state index in [2.05, 4.69) is 25.5 Å². The Kier molecular flexibility index (Phi) is 7.32. The first kappa shape index (κ1) is 28.7. The van der Waals surface area contributed by atoms with Gasteiger partial charge in [-0.2, -0.15) is 26.0 Å². The summed E-state index contributed by atoms with van der Waals surface area (Å²) in [5, 5.41) is 4.14. The van der Waals surface area contributed by atoms with E-state index in [1.54, 1.807) is 6.20 Å². The molecule has 0 aliphatic heterocycles. The van der Waals surface area contributed by atoms with Gasteiger partial charge in [-0.15, -0.1) is 0 Å². The summed E-state index contributed by atoms with van der Waals surface area (Å²) >= 11 is 0. The highest BCUT2D eigenvalue weighted by molar-refractivity contribution is 7.89. The van der Waals surface area contributed by atoms with Crippen LogP contribution >= 0.6 is 0 Å². The van der Waals surface area contributed by atoms with Crippen LogP contribution in [0.15, 0.2) is 18.3 Å². The van der Waals surface area contributed by atoms with Gasteiger partial charge in [0.25, 0.3) is 30.3 Å². The van der Waals surface area contributed by atoms with E-state index in [0.717, 1.165) is 54.1 Å². The quantitative estimate of drug-likeness (QED) is 0.336. The lowest BCUT2D eigenvalue weighted by atomic mass is 9.49. The Morgan fingerprint density at radius 2 is 1.62 bits per heavy atom. The molecule has 0 amide bonds. The third kappa shape index (κ3) is 5.57. The minimum atomic E-state index is -3.74.